The number of carbonyl (C=O) groups excluding carboxylic acids is 1. The Kier molecular flexibility index (Phi) is 2.81. The number of H-pyrrole nitrogens is 1. The molecule has 0 atom stereocenters. The van der Waals surface area contributed by atoms with Gasteiger partial charge in [0.2, 0.25) is 0 Å². The third-order valence-corrected chi connectivity index (χ3v) is 5.90. The van der Waals surface area contributed by atoms with Gasteiger partial charge in [0.1, 0.15) is 0 Å². The molecule has 1 aromatic rings. The van der Waals surface area contributed by atoms with Gasteiger partial charge >= 0.3 is 6.03 Å². The van der Waals surface area contributed by atoms with Crippen LogP contribution in [0.5, 0.6) is 0 Å². The Balaban J connectivity index is 1.46. The standard InChI is InChI=1S/C16H24N4O/c1-9-10(2)19-20-14(9)17-15(21)18-16-6-11-3-12(7-16)5-13(4-11)8-16/h11-13H,3-8H2,1-2H3,(H3,17,18,19,20,21). The Hall–Kier alpha value is -1.52. The van der Waals surface area contributed by atoms with E-state index in [0.717, 1.165) is 29.0 Å². The van der Waals surface area contributed by atoms with E-state index < -0.39 is 0 Å². The van der Waals surface area contributed by atoms with E-state index in [4.69, 9.17) is 0 Å². The third-order valence-electron chi connectivity index (χ3n) is 5.90. The van der Waals surface area contributed by atoms with Crippen molar-refractivity contribution in [2.75, 3.05) is 5.32 Å². The summed E-state index contributed by atoms with van der Waals surface area (Å²) in [5.41, 5.74) is 2.06. The summed E-state index contributed by atoms with van der Waals surface area (Å²) in [4.78, 5) is 12.4. The molecule has 1 heterocycles. The Bertz CT molecular complexity index is 542. The molecule has 0 aromatic carbocycles. The Morgan fingerprint density at radius 3 is 2.19 bits per heavy atom. The van der Waals surface area contributed by atoms with Crippen molar-refractivity contribution in [1.82, 2.24) is 15.5 Å². The van der Waals surface area contributed by atoms with Crippen molar-refractivity contribution in [3.05, 3.63) is 11.3 Å². The van der Waals surface area contributed by atoms with Crippen LogP contribution in [0.1, 0.15) is 49.8 Å². The van der Waals surface area contributed by atoms with Crippen LogP contribution in [0.3, 0.4) is 0 Å². The van der Waals surface area contributed by atoms with Crippen LogP contribution >= 0.6 is 0 Å². The van der Waals surface area contributed by atoms with Crippen LogP contribution in [0.2, 0.25) is 0 Å². The molecule has 5 nitrogen and oxygen atoms in total. The minimum atomic E-state index is -0.0912. The minimum absolute atomic E-state index is 0.0537. The maximum absolute atomic E-state index is 12.4. The second-order valence-electron chi connectivity index (χ2n) is 7.60. The maximum Gasteiger partial charge on any atom is 0.320 e. The predicted octanol–water partition coefficient (Wildman–Crippen LogP) is 3.12. The Morgan fingerprint density at radius 2 is 1.71 bits per heavy atom. The second-order valence-corrected chi connectivity index (χ2v) is 7.60. The number of hydrogen-bond acceptors (Lipinski definition) is 2. The summed E-state index contributed by atoms with van der Waals surface area (Å²) in [5, 5.41) is 13.3. The molecule has 4 fully saturated rings. The van der Waals surface area contributed by atoms with Gasteiger partial charge in [-0.05, 0) is 70.1 Å². The first-order valence-corrected chi connectivity index (χ1v) is 8.14. The number of carbonyl (C=O) groups is 1. The van der Waals surface area contributed by atoms with E-state index in [1.165, 1.54) is 38.5 Å². The van der Waals surface area contributed by atoms with Gasteiger partial charge < -0.3 is 5.32 Å². The van der Waals surface area contributed by atoms with Crippen molar-refractivity contribution >= 4 is 11.8 Å². The first kappa shape index (κ1) is 13.2. The highest BCUT2D eigenvalue weighted by Crippen LogP contribution is 2.55. The monoisotopic (exact) mass is 288 g/mol. The number of rotatable bonds is 2. The average Bonchev–Trinajstić information content (AvgIpc) is 2.68. The van der Waals surface area contributed by atoms with Gasteiger partial charge in [0.15, 0.2) is 5.82 Å². The van der Waals surface area contributed by atoms with Crippen LogP contribution < -0.4 is 10.6 Å². The average molecular weight is 288 g/mol. The quantitative estimate of drug-likeness (QED) is 0.782. The van der Waals surface area contributed by atoms with Gasteiger partial charge in [0.25, 0.3) is 0 Å². The molecule has 3 N–H and O–H groups in total. The Labute approximate surface area is 125 Å². The van der Waals surface area contributed by atoms with Crippen molar-refractivity contribution in [2.45, 2.75) is 57.9 Å². The zero-order valence-corrected chi connectivity index (χ0v) is 12.8. The summed E-state index contributed by atoms with van der Waals surface area (Å²) < 4.78 is 0. The van der Waals surface area contributed by atoms with Crippen LogP contribution in [0.15, 0.2) is 0 Å². The van der Waals surface area contributed by atoms with E-state index in [1.807, 2.05) is 13.8 Å². The molecule has 5 heteroatoms. The molecule has 1 aromatic heterocycles. The lowest BCUT2D eigenvalue weighted by molar-refractivity contribution is -0.0127. The van der Waals surface area contributed by atoms with Gasteiger partial charge in [0.05, 0.1) is 0 Å². The van der Waals surface area contributed by atoms with E-state index in [9.17, 15) is 4.79 Å². The first-order valence-electron chi connectivity index (χ1n) is 8.14. The number of urea groups is 1. The topological polar surface area (TPSA) is 69.8 Å². The molecule has 4 aliphatic carbocycles. The van der Waals surface area contributed by atoms with Crippen molar-refractivity contribution < 1.29 is 4.79 Å². The molecule has 0 unspecified atom stereocenters. The van der Waals surface area contributed by atoms with Crippen LogP contribution in [0, 0.1) is 31.6 Å². The van der Waals surface area contributed by atoms with Crippen molar-refractivity contribution in [3.8, 4) is 0 Å². The molecule has 5 rings (SSSR count). The lowest BCUT2D eigenvalue weighted by Gasteiger charge is -2.56. The van der Waals surface area contributed by atoms with Crippen molar-refractivity contribution in [2.24, 2.45) is 17.8 Å². The fraction of sp³-hybridized carbons (Fsp3) is 0.750. The molecule has 4 saturated carbocycles. The van der Waals surface area contributed by atoms with Gasteiger partial charge in [-0.15, -0.1) is 0 Å². The van der Waals surface area contributed by atoms with Crippen molar-refractivity contribution in [1.29, 1.82) is 0 Å². The molecular weight excluding hydrogens is 264 g/mol. The fourth-order valence-corrected chi connectivity index (χ4v) is 5.25. The minimum Gasteiger partial charge on any atom is -0.332 e. The maximum atomic E-state index is 12.4. The van der Waals surface area contributed by atoms with E-state index in [-0.39, 0.29) is 11.6 Å². The molecule has 21 heavy (non-hydrogen) atoms. The van der Waals surface area contributed by atoms with E-state index in [0.29, 0.717) is 5.82 Å². The molecule has 4 aliphatic rings. The predicted molar refractivity (Wildman–Crippen MR) is 81.1 cm³/mol. The van der Waals surface area contributed by atoms with E-state index >= 15 is 0 Å². The summed E-state index contributed by atoms with van der Waals surface area (Å²) in [7, 11) is 0. The molecule has 2 amide bonds. The molecule has 0 aliphatic heterocycles. The zero-order chi connectivity index (χ0) is 14.6. The third kappa shape index (κ3) is 2.23. The highest BCUT2D eigenvalue weighted by molar-refractivity contribution is 5.89. The zero-order valence-electron chi connectivity index (χ0n) is 12.8. The molecule has 0 spiro atoms. The fourth-order valence-electron chi connectivity index (χ4n) is 5.25. The number of aryl methyl sites for hydroxylation is 1. The largest absolute Gasteiger partial charge is 0.332 e. The number of nitrogens with one attached hydrogen (secondary N) is 3. The second kappa shape index (κ2) is 4.49. The van der Waals surface area contributed by atoms with Gasteiger partial charge in [-0.2, -0.15) is 5.10 Å². The number of aromatic amines is 1. The summed E-state index contributed by atoms with van der Waals surface area (Å²) in [6.45, 7) is 3.93. The molecule has 4 bridgehead atoms. The van der Waals surface area contributed by atoms with Gasteiger partial charge in [-0.1, -0.05) is 0 Å². The highest BCUT2D eigenvalue weighted by Gasteiger charge is 2.51. The highest BCUT2D eigenvalue weighted by atomic mass is 16.2. The number of aromatic nitrogens is 2. The number of nitrogens with zero attached hydrogens (tertiary/aromatic N) is 1. The SMILES string of the molecule is Cc1[nH]nc(NC(=O)NC23CC4CC(CC(C4)C2)C3)c1C. The number of anilines is 1. The van der Waals surface area contributed by atoms with Crippen LogP contribution in [-0.4, -0.2) is 21.8 Å². The molecular formula is C16H24N4O. The van der Waals surface area contributed by atoms with Crippen LogP contribution in [0.4, 0.5) is 10.6 Å². The first-order chi connectivity index (χ1) is 10.0. The molecule has 0 saturated heterocycles. The number of amides is 2. The van der Waals surface area contributed by atoms with Gasteiger partial charge in [0, 0.05) is 16.8 Å². The summed E-state index contributed by atoms with van der Waals surface area (Å²) >= 11 is 0. The lowest BCUT2D eigenvalue weighted by atomic mass is 9.53. The molecule has 0 radical (unpaired) electrons. The molecule has 114 valence electrons. The smallest absolute Gasteiger partial charge is 0.320 e. The van der Waals surface area contributed by atoms with Crippen molar-refractivity contribution in [3.63, 3.8) is 0 Å². The normalized spacial score (nSPS) is 36.8. The van der Waals surface area contributed by atoms with E-state index in [1.54, 1.807) is 0 Å². The summed E-state index contributed by atoms with van der Waals surface area (Å²) in [5.74, 6) is 3.16. The Morgan fingerprint density at radius 1 is 1.14 bits per heavy atom. The lowest BCUT2D eigenvalue weighted by Crippen LogP contribution is -2.60. The van der Waals surface area contributed by atoms with Crippen LogP contribution in [-0.2, 0) is 0 Å². The summed E-state index contributed by atoms with van der Waals surface area (Å²) in [6, 6.07) is -0.0912. The van der Waals surface area contributed by atoms with E-state index in [2.05, 4.69) is 20.8 Å². The number of hydrogen-bond donors (Lipinski definition) is 3. The van der Waals surface area contributed by atoms with Gasteiger partial charge in [-0.25, -0.2) is 4.79 Å². The van der Waals surface area contributed by atoms with Crippen LogP contribution in [0.25, 0.3) is 0 Å². The van der Waals surface area contributed by atoms with Gasteiger partial charge in [-0.3, -0.25) is 10.4 Å². The summed E-state index contributed by atoms with van der Waals surface area (Å²) in [6.07, 6.45) is 7.68.